The second-order valence-corrected chi connectivity index (χ2v) is 6.48. The standard InChI is InChI=1S/C21H20N2O4S/c1-3-26-18-12-15(11-16-19(24)22-21(28)23(2)20(16)25)9-10-17(18)27-13-14-7-5-4-6-8-14/h4-12H,3,13H2,1-2H3,(H,22,24,28)/b16-11+. The molecule has 144 valence electrons. The number of amides is 2. The molecule has 0 aromatic heterocycles. The van der Waals surface area contributed by atoms with Crippen LogP contribution >= 0.6 is 12.2 Å². The van der Waals surface area contributed by atoms with Crippen molar-refractivity contribution in [1.29, 1.82) is 0 Å². The van der Waals surface area contributed by atoms with Crippen molar-refractivity contribution in [3.05, 3.63) is 65.2 Å². The van der Waals surface area contributed by atoms with E-state index >= 15 is 0 Å². The van der Waals surface area contributed by atoms with E-state index in [1.807, 2.05) is 37.3 Å². The second-order valence-electron chi connectivity index (χ2n) is 6.09. The van der Waals surface area contributed by atoms with Crippen LogP contribution in [0.3, 0.4) is 0 Å². The van der Waals surface area contributed by atoms with E-state index in [0.717, 1.165) is 5.56 Å². The Kier molecular flexibility index (Phi) is 6.06. The minimum Gasteiger partial charge on any atom is -0.490 e. The first-order valence-corrected chi connectivity index (χ1v) is 9.19. The van der Waals surface area contributed by atoms with Crippen LogP contribution < -0.4 is 14.8 Å². The van der Waals surface area contributed by atoms with Gasteiger partial charge in [0.15, 0.2) is 16.6 Å². The first-order chi connectivity index (χ1) is 13.5. The topological polar surface area (TPSA) is 67.9 Å². The third-order valence-electron chi connectivity index (χ3n) is 4.12. The average molecular weight is 396 g/mol. The quantitative estimate of drug-likeness (QED) is 0.462. The van der Waals surface area contributed by atoms with Crippen LogP contribution in [0.25, 0.3) is 6.08 Å². The van der Waals surface area contributed by atoms with Crippen LogP contribution in [0.5, 0.6) is 11.5 Å². The molecule has 0 atom stereocenters. The largest absolute Gasteiger partial charge is 0.490 e. The van der Waals surface area contributed by atoms with E-state index in [9.17, 15) is 9.59 Å². The molecule has 2 aromatic rings. The Morgan fingerprint density at radius 3 is 2.54 bits per heavy atom. The third kappa shape index (κ3) is 4.37. The lowest BCUT2D eigenvalue weighted by atomic mass is 10.1. The van der Waals surface area contributed by atoms with Crippen molar-refractivity contribution in [3.63, 3.8) is 0 Å². The fourth-order valence-electron chi connectivity index (χ4n) is 2.65. The van der Waals surface area contributed by atoms with Crippen LogP contribution in [0.2, 0.25) is 0 Å². The smallest absolute Gasteiger partial charge is 0.265 e. The van der Waals surface area contributed by atoms with Crippen molar-refractivity contribution >= 4 is 35.2 Å². The van der Waals surface area contributed by atoms with Gasteiger partial charge < -0.3 is 9.47 Å². The molecule has 2 amide bonds. The van der Waals surface area contributed by atoms with Gasteiger partial charge in [-0.05, 0) is 48.5 Å². The van der Waals surface area contributed by atoms with Crippen molar-refractivity contribution in [2.24, 2.45) is 0 Å². The van der Waals surface area contributed by atoms with Gasteiger partial charge in [0.05, 0.1) is 6.61 Å². The van der Waals surface area contributed by atoms with Crippen LogP contribution in [0.15, 0.2) is 54.1 Å². The summed E-state index contributed by atoms with van der Waals surface area (Å²) in [7, 11) is 1.52. The van der Waals surface area contributed by atoms with E-state index < -0.39 is 11.8 Å². The van der Waals surface area contributed by atoms with E-state index in [2.05, 4.69) is 5.32 Å². The number of thiocarbonyl (C=S) groups is 1. The number of carbonyl (C=O) groups excluding carboxylic acids is 2. The van der Waals surface area contributed by atoms with Crippen molar-refractivity contribution in [3.8, 4) is 11.5 Å². The Bertz CT molecular complexity index is 941. The number of likely N-dealkylation sites (N-methyl/N-ethyl adjacent to an activating group) is 1. The number of benzene rings is 2. The molecule has 0 spiro atoms. The summed E-state index contributed by atoms with van der Waals surface area (Å²) in [5, 5.41) is 2.58. The molecule has 0 aliphatic carbocycles. The number of hydrogen-bond acceptors (Lipinski definition) is 5. The lowest BCUT2D eigenvalue weighted by Gasteiger charge is -2.25. The summed E-state index contributed by atoms with van der Waals surface area (Å²) in [5.41, 5.74) is 1.70. The molecule has 0 unspecified atom stereocenters. The lowest BCUT2D eigenvalue weighted by Crippen LogP contribution is -2.52. The second kappa shape index (κ2) is 8.67. The number of nitrogens with one attached hydrogen (secondary N) is 1. The maximum Gasteiger partial charge on any atom is 0.265 e. The highest BCUT2D eigenvalue weighted by Gasteiger charge is 2.30. The summed E-state index contributed by atoms with van der Waals surface area (Å²) in [5.74, 6) is 0.164. The van der Waals surface area contributed by atoms with Gasteiger partial charge in [-0.3, -0.25) is 19.8 Å². The molecule has 2 aromatic carbocycles. The predicted molar refractivity (Wildman–Crippen MR) is 110 cm³/mol. The van der Waals surface area contributed by atoms with E-state index in [-0.39, 0.29) is 10.7 Å². The number of nitrogens with zero attached hydrogens (tertiary/aromatic N) is 1. The molecule has 3 rings (SSSR count). The maximum absolute atomic E-state index is 12.3. The van der Waals surface area contributed by atoms with Gasteiger partial charge in [-0.15, -0.1) is 0 Å². The molecule has 1 fully saturated rings. The first-order valence-electron chi connectivity index (χ1n) is 8.78. The molecule has 1 aliphatic rings. The monoisotopic (exact) mass is 396 g/mol. The van der Waals surface area contributed by atoms with E-state index in [1.165, 1.54) is 18.0 Å². The minimum atomic E-state index is -0.518. The fourth-order valence-corrected chi connectivity index (χ4v) is 2.83. The molecule has 6 nitrogen and oxygen atoms in total. The van der Waals surface area contributed by atoms with Gasteiger partial charge in [-0.1, -0.05) is 36.4 Å². The number of carbonyl (C=O) groups is 2. The molecule has 0 radical (unpaired) electrons. The molecule has 0 saturated carbocycles. The molecule has 1 aliphatic heterocycles. The summed E-state index contributed by atoms with van der Waals surface area (Å²) in [4.78, 5) is 25.7. The van der Waals surface area contributed by atoms with Gasteiger partial charge in [0, 0.05) is 7.05 Å². The minimum absolute atomic E-state index is 0.0107. The normalized spacial score (nSPS) is 15.6. The fraction of sp³-hybridized carbons (Fsp3) is 0.190. The van der Waals surface area contributed by atoms with Gasteiger partial charge in [0.1, 0.15) is 12.2 Å². The zero-order chi connectivity index (χ0) is 20.1. The molecule has 1 heterocycles. The number of rotatable bonds is 6. The Labute approximate surface area is 168 Å². The van der Waals surface area contributed by atoms with E-state index in [0.29, 0.717) is 30.3 Å². The van der Waals surface area contributed by atoms with Crippen molar-refractivity contribution in [1.82, 2.24) is 10.2 Å². The van der Waals surface area contributed by atoms with Crippen LogP contribution in [0.1, 0.15) is 18.1 Å². The summed E-state index contributed by atoms with van der Waals surface area (Å²) in [6.07, 6.45) is 1.51. The van der Waals surface area contributed by atoms with Gasteiger partial charge >= 0.3 is 0 Å². The summed E-state index contributed by atoms with van der Waals surface area (Å²) in [6, 6.07) is 15.1. The molecule has 0 bridgehead atoms. The molecular formula is C21H20N2O4S. The third-order valence-corrected chi connectivity index (χ3v) is 4.50. The van der Waals surface area contributed by atoms with Crippen LogP contribution in [-0.4, -0.2) is 35.5 Å². The highest BCUT2D eigenvalue weighted by molar-refractivity contribution is 7.80. The summed E-state index contributed by atoms with van der Waals surface area (Å²) < 4.78 is 11.6. The van der Waals surface area contributed by atoms with Gasteiger partial charge in [0.25, 0.3) is 11.8 Å². The SMILES string of the molecule is CCOc1cc(/C=C2\C(=O)NC(=S)N(C)C2=O)ccc1OCc1ccccc1. The first kappa shape index (κ1) is 19.6. The van der Waals surface area contributed by atoms with Crippen LogP contribution in [0, 0.1) is 0 Å². The van der Waals surface area contributed by atoms with E-state index in [1.54, 1.807) is 18.2 Å². The highest BCUT2D eigenvalue weighted by atomic mass is 32.1. The zero-order valence-corrected chi connectivity index (χ0v) is 16.4. The van der Waals surface area contributed by atoms with Gasteiger partial charge in [-0.2, -0.15) is 0 Å². The van der Waals surface area contributed by atoms with E-state index in [4.69, 9.17) is 21.7 Å². The molecular weight excluding hydrogens is 376 g/mol. The predicted octanol–water partition coefficient (Wildman–Crippen LogP) is 2.92. The molecule has 28 heavy (non-hydrogen) atoms. The summed E-state index contributed by atoms with van der Waals surface area (Å²) >= 11 is 4.95. The Morgan fingerprint density at radius 1 is 1.07 bits per heavy atom. The highest BCUT2D eigenvalue weighted by Crippen LogP contribution is 2.30. The average Bonchev–Trinajstić information content (AvgIpc) is 2.70. The number of ether oxygens (including phenoxy) is 2. The molecule has 1 N–H and O–H groups in total. The maximum atomic E-state index is 12.3. The van der Waals surface area contributed by atoms with Crippen molar-refractivity contribution in [2.75, 3.05) is 13.7 Å². The van der Waals surface area contributed by atoms with Gasteiger partial charge in [0.2, 0.25) is 0 Å². The zero-order valence-electron chi connectivity index (χ0n) is 15.6. The Hall–Kier alpha value is -3.19. The van der Waals surface area contributed by atoms with Gasteiger partial charge in [-0.25, -0.2) is 0 Å². The van der Waals surface area contributed by atoms with Crippen LogP contribution in [0.4, 0.5) is 0 Å². The lowest BCUT2D eigenvalue weighted by molar-refractivity contribution is -0.128. The summed E-state index contributed by atoms with van der Waals surface area (Å²) in [6.45, 7) is 2.74. The Balaban J connectivity index is 1.85. The van der Waals surface area contributed by atoms with Crippen molar-refractivity contribution < 1.29 is 19.1 Å². The Morgan fingerprint density at radius 2 is 1.82 bits per heavy atom. The molecule has 7 heteroatoms. The number of hydrogen-bond donors (Lipinski definition) is 1. The molecule has 1 saturated heterocycles. The van der Waals surface area contributed by atoms with Crippen LogP contribution in [-0.2, 0) is 16.2 Å². The van der Waals surface area contributed by atoms with Crippen molar-refractivity contribution in [2.45, 2.75) is 13.5 Å².